The highest BCUT2D eigenvalue weighted by Crippen LogP contribution is 2.37. The summed E-state index contributed by atoms with van der Waals surface area (Å²) in [5, 5.41) is 28.5. The van der Waals surface area contributed by atoms with Crippen LogP contribution < -0.4 is 20.7 Å². The Bertz CT molecular complexity index is 2350. The molecule has 0 aliphatic rings. The quantitative estimate of drug-likeness (QED) is 0.141. The Morgan fingerprint density at radius 1 is 0.417 bits per heavy atom. The van der Waals surface area contributed by atoms with Crippen LogP contribution >= 0.6 is 0 Å². The Balaban J connectivity index is 1.37. The molecule has 0 aliphatic heterocycles. The highest BCUT2D eigenvalue weighted by atomic mass is 28.3. The molecule has 0 amide bonds. The van der Waals surface area contributed by atoms with E-state index in [1.165, 1.54) is 20.7 Å². The minimum absolute atomic E-state index is 0.474. The smallest absolute Gasteiger partial charge is 0.179 e. The first-order chi connectivity index (χ1) is 23.8. The number of fused-ring (bicyclic) bond motifs is 3. The first-order valence-corrected chi connectivity index (χ1v) is 18.0. The van der Waals surface area contributed by atoms with Crippen molar-refractivity contribution in [3.05, 3.63) is 187 Å². The number of aromatic nitrogens is 1. The number of rotatable bonds is 6. The Kier molecular flexibility index (Phi) is 7.27. The molecule has 4 heteroatoms. The van der Waals surface area contributed by atoms with Crippen LogP contribution in [0.15, 0.2) is 176 Å². The molecule has 0 aliphatic carbocycles. The molecule has 3 nitrogen and oxygen atoms in total. The van der Waals surface area contributed by atoms with Gasteiger partial charge in [-0.1, -0.05) is 152 Å². The molecule has 224 valence electrons. The third-order valence-corrected chi connectivity index (χ3v) is 14.3. The van der Waals surface area contributed by atoms with E-state index in [-0.39, 0.29) is 0 Å². The molecular formula is C44H29N3Si. The van der Waals surface area contributed by atoms with Gasteiger partial charge in [-0.05, 0) is 50.6 Å². The van der Waals surface area contributed by atoms with Crippen LogP contribution in [0.3, 0.4) is 0 Å². The summed E-state index contributed by atoms with van der Waals surface area (Å²) in [5.41, 5.74) is 5.24. The van der Waals surface area contributed by atoms with Crippen molar-refractivity contribution in [1.29, 1.82) is 10.5 Å². The molecule has 8 rings (SSSR count). The van der Waals surface area contributed by atoms with Gasteiger partial charge in [0, 0.05) is 16.3 Å². The Morgan fingerprint density at radius 3 is 1.31 bits per heavy atom. The molecule has 0 spiro atoms. The van der Waals surface area contributed by atoms with E-state index in [1.54, 1.807) is 0 Å². The second kappa shape index (κ2) is 12.0. The minimum Gasteiger partial charge on any atom is -0.308 e. The second-order valence-corrected chi connectivity index (χ2v) is 15.7. The van der Waals surface area contributed by atoms with Gasteiger partial charge in [-0.25, -0.2) is 0 Å². The lowest BCUT2D eigenvalue weighted by Crippen LogP contribution is -2.74. The number of benzene rings is 7. The van der Waals surface area contributed by atoms with E-state index in [1.807, 2.05) is 36.4 Å². The lowest BCUT2D eigenvalue weighted by Gasteiger charge is -2.34. The summed E-state index contributed by atoms with van der Waals surface area (Å²) in [5.74, 6) is 0. The van der Waals surface area contributed by atoms with Gasteiger partial charge < -0.3 is 4.57 Å². The fourth-order valence-electron chi connectivity index (χ4n) is 7.42. The summed E-state index contributed by atoms with van der Waals surface area (Å²) < 4.78 is 2.15. The van der Waals surface area contributed by atoms with Crippen molar-refractivity contribution in [3.63, 3.8) is 0 Å². The molecule has 48 heavy (non-hydrogen) atoms. The average molecular weight is 628 g/mol. The lowest BCUT2D eigenvalue weighted by molar-refractivity contribution is 1.17. The van der Waals surface area contributed by atoms with Gasteiger partial charge >= 0.3 is 0 Å². The summed E-state index contributed by atoms with van der Waals surface area (Å²) in [4.78, 5) is 0. The van der Waals surface area contributed by atoms with E-state index in [9.17, 15) is 10.5 Å². The molecule has 0 saturated heterocycles. The van der Waals surface area contributed by atoms with Crippen molar-refractivity contribution >= 4 is 50.6 Å². The predicted octanol–water partition coefficient (Wildman–Crippen LogP) is 7.57. The number of nitriles is 2. The van der Waals surface area contributed by atoms with E-state index in [4.69, 9.17) is 0 Å². The van der Waals surface area contributed by atoms with Crippen molar-refractivity contribution in [2.45, 2.75) is 0 Å². The van der Waals surface area contributed by atoms with Gasteiger partial charge in [-0.15, -0.1) is 0 Å². The zero-order valence-corrected chi connectivity index (χ0v) is 27.1. The van der Waals surface area contributed by atoms with Crippen molar-refractivity contribution in [2.75, 3.05) is 0 Å². The largest absolute Gasteiger partial charge is 0.308 e. The lowest BCUT2D eigenvalue weighted by atomic mass is 9.94. The summed E-state index contributed by atoms with van der Waals surface area (Å²) >= 11 is 0. The minimum atomic E-state index is -2.72. The first kappa shape index (κ1) is 29.0. The molecule has 0 bridgehead atoms. The maximum absolute atomic E-state index is 10.8. The summed E-state index contributed by atoms with van der Waals surface area (Å²) in [6.07, 6.45) is 0. The fourth-order valence-corrected chi connectivity index (χ4v) is 12.2. The molecule has 1 heterocycles. The standard InChI is InChI=1S/C44H29N3Si/c45-30-33-26-29-43(47-41-22-12-10-20-38(41)39-21-11-13-23-42(39)47)40(31-46)44(33)32-24-27-37(28-25-32)48(34-14-4-1-5-15-34,35-16-6-2-7-17-35)36-18-8-3-9-19-36/h1-29H. The monoisotopic (exact) mass is 627 g/mol. The van der Waals surface area contributed by atoms with Crippen LogP contribution in [0, 0.1) is 22.7 Å². The zero-order chi connectivity index (χ0) is 32.5. The Morgan fingerprint density at radius 2 is 0.854 bits per heavy atom. The number of para-hydroxylation sites is 2. The topological polar surface area (TPSA) is 52.5 Å². The van der Waals surface area contributed by atoms with Crippen LogP contribution in [0.25, 0.3) is 38.6 Å². The summed E-state index contributed by atoms with van der Waals surface area (Å²) in [6.45, 7) is 0. The van der Waals surface area contributed by atoms with E-state index in [0.717, 1.165) is 33.1 Å². The second-order valence-electron chi connectivity index (χ2n) is 11.9. The van der Waals surface area contributed by atoms with Crippen LogP contribution in [0.2, 0.25) is 0 Å². The SMILES string of the molecule is N#Cc1ccc(-n2c3ccccc3c3ccccc32)c(C#N)c1-c1ccc([Si](c2ccccc2)(c2ccccc2)c2ccccc2)cc1. The first-order valence-electron chi connectivity index (χ1n) is 16.0. The van der Waals surface area contributed by atoms with Crippen molar-refractivity contribution in [1.82, 2.24) is 4.57 Å². The van der Waals surface area contributed by atoms with Crippen LogP contribution in [0.5, 0.6) is 0 Å². The highest BCUT2D eigenvalue weighted by Gasteiger charge is 2.41. The van der Waals surface area contributed by atoms with Crippen LogP contribution in [-0.4, -0.2) is 12.6 Å². The third kappa shape index (κ3) is 4.48. The number of hydrogen-bond acceptors (Lipinski definition) is 2. The van der Waals surface area contributed by atoms with E-state index in [0.29, 0.717) is 16.7 Å². The van der Waals surface area contributed by atoms with Crippen molar-refractivity contribution < 1.29 is 0 Å². The van der Waals surface area contributed by atoms with Gasteiger partial charge in [-0.3, -0.25) is 0 Å². The van der Waals surface area contributed by atoms with Crippen molar-refractivity contribution in [2.24, 2.45) is 0 Å². The number of hydrogen-bond donors (Lipinski definition) is 0. The van der Waals surface area contributed by atoms with Gasteiger partial charge in [0.2, 0.25) is 0 Å². The predicted molar refractivity (Wildman–Crippen MR) is 199 cm³/mol. The third-order valence-electron chi connectivity index (χ3n) is 9.46. The number of nitrogens with zero attached hydrogens (tertiary/aromatic N) is 3. The van der Waals surface area contributed by atoms with Gasteiger partial charge in [0.1, 0.15) is 6.07 Å². The molecule has 0 radical (unpaired) electrons. The normalized spacial score (nSPS) is 11.3. The molecule has 0 unspecified atom stereocenters. The van der Waals surface area contributed by atoms with E-state index < -0.39 is 8.07 Å². The molecule has 0 fully saturated rings. The molecular weight excluding hydrogens is 599 g/mol. The Labute approximate surface area is 280 Å². The summed E-state index contributed by atoms with van der Waals surface area (Å²) in [7, 11) is -2.72. The van der Waals surface area contributed by atoms with Gasteiger partial charge in [0.05, 0.1) is 33.9 Å². The van der Waals surface area contributed by atoms with E-state index >= 15 is 0 Å². The zero-order valence-electron chi connectivity index (χ0n) is 26.1. The fraction of sp³-hybridized carbons (Fsp3) is 0. The molecule has 7 aromatic carbocycles. The molecule has 0 atom stereocenters. The van der Waals surface area contributed by atoms with Crippen molar-refractivity contribution in [3.8, 4) is 29.0 Å². The molecule has 8 aromatic rings. The Hall–Kier alpha value is -6.46. The maximum Gasteiger partial charge on any atom is 0.179 e. The van der Waals surface area contributed by atoms with Gasteiger partial charge in [-0.2, -0.15) is 10.5 Å². The van der Waals surface area contributed by atoms with Crippen LogP contribution in [-0.2, 0) is 0 Å². The van der Waals surface area contributed by atoms with Crippen LogP contribution in [0.1, 0.15) is 11.1 Å². The van der Waals surface area contributed by atoms with Crippen LogP contribution in [0.4, 0.5) is 0 Å². The maximum atomic E-state index is 10.8. The highest BCUT2D eigenvalue weighted by molar-refractivity contribution is 7.19. The van der Waals surface area contributed by atoms with Gasteiger partial charge in [0.25, 0.3) is 0 Å². The van der Waals surface area contributed by atoms with E-state index in [2.05, 4.69) is 156 Å². The average Bonchev–Trinajstić information content (AvgIpc) is 3.50. The van der Waals surface area contributed by atoms with Gasteiger partial charge in [0.15, 0.2) is 8.07 Å². The summed E-state index contributed by atoms with van der Waals surface area (Å²) in [6, 6.07) is 66.2. The molecule has 0 saturated carbocycles. The molecule has 1 aromatic heterocycles. The molecule has 0 N–H and O–H groups in total.